The highest BCUT2D eigenvalue weighted by Crippen LogP contribution is 2.35. The Morgan fingerprint density at radius 1 is 1.29 bits per heavy atom. The summed E-state index contributed by atoms with van der Waals surface area (Å²) >= 11 is 9.57. The maximum atomic E-state index is 13.8. The summed E-state index contributed by atoms with van der Waals surface area (Å²) in [6.07, 6.45) is 2.19. The predicted octanol–water partition coefficient (Wildman–Crippen LogP) is 6.23. The number of rotatable bonds is 5. The van der Waals surface area contributed by atoms with Crippen molar-refractivity contribution in [1.82, 2.24) is 9.55 Å². The Balaban J connectivity index is 2.68. The van der Waals surface area contributed by atoms with Gasteiger partial charge in [0.25, 0.3) is 0 Å². The summed E-state index contributed by atoms with van der Waals surface area (Å²) in [4.78, 5) is 4.56. The number of benzene rings is 1. The summed E-state index contributed by atoms with van der Waals surface area (Å²) in [5.41, 5.74) is 1.60. The van der Waals surface area contributed by atoms with E-state index in [0.29, 0.717) is 15.9 Å². The number of nitrogens with zero attached hydrogens (tertiary/aromatic N) is 2. The van der Waals surface area contributed by atoms with Gasteiger partial charge in [-0.2, -0.15) is 0 Å². The molecule has 0 spiro atoms. The normalized spacial score (nSPS) is 14.9. The molecule has 1 aromatic carbocycles. The Kier molecular flexibility index (Phi) is 5.31. The molecule has 0 amide bonds. The average Bonchev–Trinajstić information content (AvgIpc) is 2.79. The average molecular weight is 376 g/mol. The zero-order valence-corrected chi connectivity index (χ0v) is 15.2. The lowest BCUT2D eigenvalue weighted by atomic mass is 9.95. The number of imidazole rings is 1. The van der Waals surface area contributed by atoms with Gasteiger partial charge in [-0.3, -0.25) is 0 Å². The van der Waals surface area contributed by atoms with Gasteiger partial charge in [-0.15, -0.1) is 11.6 Å². The van der Waals surface area contributed by atoms with Crippen LogP contribution in [0.2, 0.25) is 0 Å². The first-order chi connectivity index (χ1) is 9.90. The smallest absolute Gasteiger partial charge is 0.139 e. The summed E-state index contributed by atoms with van der Waals surface area (Å²) in [5.74, 6) is 1.06. The van der Waals surface area contributed by atoms with E-state index >= 15 is 0 Å². The van der Waals surface area contributed by atoms with E-state index < -0.39 is 0 Å². The second-order valence-electron chi connectivity index (χ2n) is 5.53. The molecule has 2 aromatic rings. The minimum atomic E-state index is -0.295. The molecule has 116 valence electrons. The number of alkyl halides is 1. The van der Waals surface area contributed by atoms with Crippen LogP contribution in [0.25, 0.3) is 11.0 Å². The van der Waals surface area contributed by atoms with Crippen molar-refractivity contribution in [3.05, 3.63) is 28.2 Å². The molecule has 2 unspecified atom stereocenters. The van der Waals surface area contributed by atoms with Crippen molar-refractivity contribution in [2.45, 2.75) is 52.0 Å². The monoisotopic (exact) mass is 374 g/mol. The molecule has 2 atom stereocenters. The fraction of sp³-hybridized carbons (Fsp3) is 0.562. The van der Waals surface area contributed by atoms with Crippen molar-refractivity contribution in [2.75, 3.05) is 0 Å². The number of hydrogen-bond acceptors (Lipinski definition) is 1. The molecule has 0 aliphatic carbocycles. The lowest BCUT2D eigenvalue weighted by Gasteiger charge is -2.26. The number of aromatic nitrogens is 2. The maximum absolute atomic E-state index is 13.8. The molecule has 1 aromatic heterocycles. The second-order valence-corrected chi connectivity index (χ2v) is 7.04. The predicted molar refractivity (Wildman–Crippen MR) is 90.4 cm³/mol. The SMILES string of the molecule is CCC(CC)C(C)n1c(C(C)Cl)nc2cc(F)c(Br)cc21. The van der Waals surface area contributed by atoms with Crippen LogP contribution in [0.4, 0.5) is 4.39 Å². The molecular formula is C16H21BrClFN2. The van der Waals surface area contributed by atoms with Gasteiger partial charge >= 0.3 is 0 Å². The standard InChI is InChI=1S/C16H21BrClFN2/c1-5-11(6-2)10(4)21-15-7-12(17)13(19)8-14(15)20-16(21)9(3)18/h7-11H,5-6H2,1-4H3. The summed E-state index contributed by atoms with van der Waals surface area (Å²) < 4.78 is 16.4. The van der Waals surface area contributed by atoms with Crippen LogP contribution in [-0.4, -0.2) is 9.55 Å². The van der Waals surface area contributed by atoms with Crippen molar-refractivity contribution in [3.8, 4) is 0 Å². The molecule has 2 nitrogen and oxygen atoms in total. The Labute approximate surface area is 138 Å². The van der Waals surface area contributed by atoms with Crippen LogP contribution in [0.1, 0.15) is 57.8 Å². The number of fused-ring (bicyclic) bond motifs is 1. The van der Waals surface area contributed by atoms with Crippen LogP contribution in [0, 0.1) is 11.7 Å². The van der Waals surface area contributed by atoms with Crippen molar-refractivity contribution < 1.29 is 4.39 Å². The lowest BCUT2D eigenvalue weighted by molar-refractivity contribution is 0.332. The fourth-order valence-corrected chi connectivity index (χ4v) is 3.48. The summed E-state index contributed by atoms with van der Waals surface area (Å²) in [6.45, 7) is 8.50. The van der Waals surface area contributed by atoms with Gasteiger partial charge in [-0.05, 0) is 41.8 Å². The molecule has 0 saturated heterocycles. The molecule has 0 N–H and O–H groups in total. The molecule has 0 saturated carbocycles. The van der Waals surface area contributed by atoms with Gasteiger partial charge in [0.2, 0.25) is 0 Å². The Morgan fingerprint density at radius 3 is 2.43 bits per heavy atom. The summed E-state index contributed by atoms with van der Waals surface area (Å²) in [5, 5.41) is -0.212. The highest BCUT2D eigenvalue weighted by Gasteiger charge is 2.24. The summed E-state index contributed by atoms with van der Waals surface area (Å²) in [6, 6.07) is 3.55. The Morgan fingerprint density at radius 2 is 1.90 bits per heavy atom. The van der Waals surface area contributed by atoms with E-state index in [4.69, 9.17) is 11.6 Å². The largest absolute Gasteiger partial charge is 0.324 e. The van der Waals surface area contributed by atoms with Crippen LogP contribution in [0.15, 0.2) is 16.6 Å². The third-order valence-corrected chi connectivity index (χ3v) is 5.06. The minimum Gasteiger partial charge on any atom is -0.324 e. The topological polar surface area (TPSA) is 17.8 Å². The van der Waals surface area contributed by atoms with Gasteiger partial charge in [0, 0.05) is 12.1 Å². The van der Waals surface area contributed by atoms with Crippen molar-refractivity contribution in [3.63, 3.8) is 0 Å². The zero-order chi connectivity index (χ0) is 15.7. The molecular weight excluding hydrogens is 355 g/mol. The van der Waals surface area contributed by atoms with Crippen LogP contribution in [0.3, 0.4) is 0 Å². The summed E-state index contributed by atoms with van der Waals surface area (Å²) in [7, 11) is 0. The van der Waals surface area contributed by atoms with E-state index in [-0.39, 0.29) is 17.2 Å². The Hall–Kier alpha value is -0.610. The molecule has 0 aliphatic heterocycles. The third kappa shape index (κ3) is 3.11. The molecule has 21 heavy (non-hydrogen) atoms. The van der Waals surface area contributed by atoms with Crippen molar-refractivity contribution in [2.24, 2.45) is 5.92 Å². The van der Waals surface area contributed by atoms with Gasteiger partial charge in [0.1, 0.15) is 11.6 Å². The lowest BCUT2D eigenvalue weighted by Crippen LogP contribution is -2.18. The molecule has 2 rings (SSSR count). The third-order valence-electron chi connectivity index (χ3n) is 4.25. The minimum absolute atomic E-state index is 0.212. The van der Waals surface area contributed by atoms with E-state index in [1.54, 1.807) is 6.07 Å². The van der Waals surface area contributed by atoms with Crippen molar-refractivity contribution >= 4 is 38.6 Å². The number of hydrogen-bond donors (Lipinski definition) is 0. The molecule has 1 heterocycles. The zero-order valence-electron chi connectivity index (χ0n) is 12.8. The highest BCUT2D eigenvalue weighted by molar-refractivity contribution is 9.10. The molecule has 0 fully saturated rings. The first-order valence-electron chi connectivity index (χ1n) is 7.41. The van der Waals surface area contributed by atoms with Gasteiger partial charge in [0.15, 0.2) is 0 Å². The van der Waals surface area contributed by atoms with E-state index in [0.717, 1.165) is 24.2 Å². The molecule has 0 radical (unpaired) electrons. The molecule has 0 bridgehead atoms. The van der Waals surface area contributed by atoms with Crippen LogP contribution in [-0.2, 0) is 0 Å². The first kappa shape index (κ1) is 16.8. The van der Waals surface area contributed by atoms with Crippen LogP contribution >= 0.6 is 27.5 Å². The van der Waals surface area contributed by atoms with Gasteiger partial charge in [0.05, 0.1) is 20.9 Å². The highest BCUT2D eigenvalue weighted by atomic mass is 79.9. The first-order valence-corrected chi connectivity index (χ1v) is 8.64. The number of halogens is 3. The second kappa shape index (κ2) is 6.66. The van der Waals surface area contributed by atoms with E-state index in [1.807, 2.05) is 6.92 Å². The maximum Gasteiger partial charge on any atom is 0.139 e. The van der Waals surface area contributed by atoms with E-state index in [9.17, 15) is 4.39 Å². The van der Waals surface area contributed by atoms with Crippen LogP contribution in [0.5, 0.6) is 0 Å². The fourth-order valence-electron chi connectivity index (χ4n) is 3.00. The quantitative estimate of drug-likeness (QED) is 0.566. The molecule has 5 heteroatoms. The van der Waals surface area contributed by atoms with Gasteiger partial charge in [-0.25, -0.2) is 9.37 Å². The Bertz CT molecular complexity index is 635. The van der Waals surface area contributed by atoms with Gasteiger partial charge in [-0.1, -0.05) is 26.7 Å². The van der Waals surface area contributed by atoms with E-state index in [1.165, 1.54) is 6.07 Å². The van der Waals surface area contributed by atoms with Crippen molar-refractivity contribution in [1.29, 1.82) is 0 Å². The van der Waals surface area contributed by atoms with E-state index in [2.05, 4.69) is 46.3 Å². The molecule has 0 aliphatic rings. The van der Waals surface area contributed by atoms with Crippen LogP contribution < -0.4 is 0 Å². The van der Waals surface area contributed by atoms with Gasteiger partial charge < -0.3 is 4.57 Å².